The van der Waals surface area contributed by atoms with Crippen molar-refractivity contribution < 1.29 is 28.7 Å². The van der Waals surface area contributed by atoms with Crippen LogP contribution in [0.3, 0.4) is 0 Å². The second-order valence-corrected chi connectivity index (χ2v) is 19.3. The van der Waals surface area contributed by atoms with Gasteiger partial charge >= 0.3 is 12.1 Å². The molecule has 0 saturated carbocycles. The molecule has 0 aliphatic carbocycles. The Kier molecular flexibility index (Phi) is 11.9. The van der Waals surface area contributed by atoms with Crippen LogP contribution in [0.2, 0.25) is 4.34 Å². The predicted molar refractivity (Wildman–Crippen MR) is 223 cm³/mol. The van der Waals surface area contributed by atoms with E-state index in [1.54, 1.807) is 26.8 Å². The quantitative estimate of drug-likeness (QED) is 0.0997. The van der Waals surface area contributed by atoms with Crippen molar-refractivity contribution in [1.82, 2.24) is 15.5 Å². The van der Waals surface area contributed by atoms with Crippen molar-refractivity contribution in [3.8, 4) is 0 Å². The molecule has 2 N–H and O–H groups in total. The first-order valence-corrected chi connectivity index (χ1v) is 21.5. The fraction of sp³-hybridized carbons (Fsp3) is 0.244. The van der Waals surface area contributed by atoms with Crippen LogP contribution in [0.4, 0.5) is 4.79 Å². The number of amides is 3. The molecule has 288 valence electrons. The number of nitrogens with zero attached hydrogens (tertiary/aromatic N) is 1. The normalized spacial score (nSPS) is 16.7. The van der Waals surface area contributed by atoms with Crippen LogP contribution in [0, 0.1) is 0 Å². The smallest absolute Gasteiger partial charge is 0.407 e. The number of thioether (sulfide) groups is 2. The molecule has 2 aliphatic rings. The minimum absolute atomic E-state index is 0.0316. The average Bonchev–Trinajstić information content (AvgIpc) is 3.56. The number of thiophene rings is 1. The number of nitrogens with one attached hydrogen (secondary N) is 2. The number of esters is 1. The monoisotopic (exact) mass is 845 g/mol. The van der Waals surface area contributed by atoms with Crippen molar-refractivity contribution in [2.45, 2.75) is 61.1 Å². The molecule has 0 radical (unpaired) electrons. The van der Waals surface area contributed by atoms with E-state index in [0.29, 0.717) is 22.9 Å². The number of ether oxygens (including phenoxy) is 2. The SMILES string of the molecule is CC(C)(C)OC(=O)NCc1c(SC2=C(C(=O)OC(c3ccccc3)c3ccccc3)N3C(=O)C(NC(=O)Cc4ccccc4)[C@H]3SC2)sc2sc(Cl)cc2c1=O. The molecule has 5 aromatic rings. The molecule has 0 bridgehead atoms. The molecule has 2 atom stereocenters. The summed E-state index contributed by atoms with van der Waals surface area (Å²) >= 11 is 11.5. The number of alkyl carbamates (subject to hydrolysis) is 1. The summed E-state index contributed by atoms with van der Waals surface area (Å²) in [6.45, 7) is 5.07. The zero-order valence-corrected chi connectivity index (χ0v) is 34.4. The molecule has 2 aliphatic heterocycles. The van der Waals surface area contributed by atoms with Crippen molar-refractivity contribution in [3.63, 3.8) is 0 Å². The fourth-order valence-corrected chi connectivity index (χ4v) is 12.0. The molecule has 1 unspecified atom stereocenters. The highest BCUT2D eigenvalue weighted by molar-refractivity contribution is 8.07. The summed E-state index contributed by atoms with van der Waals surface area (Å²) in [6, 6.07) is 28.6. The van der Waals surface area contributed by atoms with Crippen LogP contribution in [0.1, 0.15) is 49.1 Å². The minimum Gasteiger partial charge on any atom is -0.448 e. The number of β-lactam (4-membered cyclic amide) rings is 1. The van der Waals surface area contributed by atoms with Crippen LogP contribution < -0.4 is 16.1 Å². The summed E-state index contributed by atoms with van der Waals surface area (Å²) in [7, 11) is 0. The van der Waals surface area contributed by atoms with Gasteiger partial charge in [0.05, 0.1) is 30.9 Å². The topological polar surface area (TPSA) is 131 Å². The molecule has 2 aromatic heterocycles. The van der Waals surface area contributed by atoms with Crippen molar-refractivity contribution in [2.24, 2.45) is 0 Å². The molecular formula is C41H36ClN3O7S4. The third kappa shape index (κ3) is 8.84. The molecule has 3 aromatic carbocycles. The van der Waals surface area contributed by atoms with Gasteiger partial charge in [0, 0.05) is 16.2 Å². The van der Waals surface area contributed by atoms with Gasteiger partial charge in [-0.3, -0.25) is 19.3 Å². The lowest BCUT2D eigenvalue weighted by Gasteiger charge is -2.49. The Bertz CT molecular complexity index is 2340. The molecule has 15 heteroatoms. The van der Waals surface area contributed by atoms with Crippen molar-refractivity contribution in [3.05, 3.63) is 144 Å². The van der Waals surface area contributed by atoms with Gasteiger partial charge in [0.15, 0.2) is 11.5 Å². The van der Waals surface area contributed by atoms with Crippen molar-refractivity contribution >= 4 is 91.1 Å². The molecule has 3 amide bonds. The van der Waals surface area contributed by atoms with Gasteiger partial charge in [0.2, 0.25) is 5.91 Å². The van der Waals surface area contributed by atoms with Crippen LogP contribution in [-0.2, 0) is 36.8 Å². The number of fused-ring (bicyclic) bond motifs is 2. The van der Waals surface area contributed by atoms with Crippen molar-refractivity contribution in [2.75, 3.05) is 5.75 Å². The highest BCUT2D eigenvalue weighted by atomic mass is 35.5. The lowest BCUT2D eigenvalue weighted by Crippen LogP contribution is -2.70. The maximum absolute atomic E-state index is 14.6. The van der Waals surface area contributed by atoms with Crippen LogP contribution in [0.5, 0.6) is 0 Å². The van der Waals surface area contributed by atoms with Gasteiger partial charge in [-0.25, -0.2) is 9.59 Å². The third-order valence-electron chi connectivity index (χ3n) is 8.72. The zero-order valence-electron chi connectivity index (χ0n) is 30.4. The van der Waals surface area contributed by atoms with E-state index in [1.807, 2.05) is 91.0 Å². The molecule has 4 heterocycles. The molecule has 1 saturated heterocycles. The van der Waals surface area contributed by atoms with E-state index >= 15 is 0 Å². The van der Waals surface area contributed by atoms with Gasteiger partial charge in [0.1, 0.15) is 22.7 Å². The summed E-state index contributed by atoms with van der Waals surface area (Å²) in [5, 5.41) is 5.42. The van der Waals surface area contributed by atoms with Gasteiger partial charge in [-0.15, -0.1) is 34.4 Å². The van der Waals surface area contributed by atoms with Crippen LogP contribution in [-0.4, -0.2) is 51.5 Å². The molecule has 56 heavy (non-hydrogen) atoms. The maximum Gasteiger partial charge on any atom is 0.407 e. The van der Waals surface area contributed by atoms with E-state index < -0.39 is 41.1 Å². The Morgan fingerprint density at radius 2 is 1.55 bits per heavy atom. The standard InChI is InChI=1S/C41H36ClN3O7S4/c1-41(2,3)52-40(50)43-21-27-33(47)26-20-29(42)55-38(26)56-39(27)54-28-22-53-36-31(44-30(46)19-23-13-7-4-8-14-23)35(48)45(36)32(28)37(49)51-34(24-15-9-5-10-16-24)25-17-11-6-12-18-25/h4-18,20,31,34,36H,19,21-22H2,1-3H3,(H,43,50)(H,44,46)/t31?,36-/m1/s1. The number of hydrogen-bond acceptors (Lipinski definition) is 11. The predicted octanol–water partition coefficient (Wildman–Crippen LogP) is 8.28. The Hall–Kier alpha value is -4.60. The first-order valence-electron chi connectivity index (χ1n) is 17.6. The number of carbonyl (C=O) groups excluding carboxylic acids is 4. The molecule has 1 fully saturated rings. The van der Waals surface area contributed by atoms with Gasteiger partial charge in [-0.05, 0) is 43.5 Å². The van der Waals surface area contributed by atoms with E-state index in [0.717, 1.165) is 16.7 Å². The number of hydrogen-bond donors (Lipinski definition) is 2. The van der Waals surface area contributed by atoms with Gasteiger partial charge < -0.3 is 20.1 Å². The zero-order chi connectivity index (χ0) is 39.6. The minimum atomic E-state index is -0.862. The first kappa shape index (κ1) is 39.6. The Labute approximate surface area is 344 Å². The Morgan fingerprint density at radius 1 is 0.929 bits per heavy atom. The second kappa shape index (κ2) is 16.9. The van der Waals surface area contributed by atoms with Crippen molar-refractivity contribution in [1.29, 1.82) is 0 Å². The Morgan fingerprint density at radius 3 is 2.18 bits per heavy atom. The third-order valence-corrected chi connectivity index (χ3v) is 14.1. The number of halogens is 1. The van der Waals surface area contributed by atoms with E-state index in [9.17, 15) is 24.0 Å². The lowest BCUT2D eigenvalue weighted by molar-refractivity contribution is -0.154. The summed E-state index contributed by atoms with van der Waals surface area (Å²) < 4.78 is 13.4. The molecule has 10 nitrogen and oxygen atoms in total. The number of rotatable bonds is 11. The molecule has 0 spiro atoms. The van der Waals surface area contributed by atoms with E-state index in [1.165, 1.54) is 51.1 Å². The van der Waals surface area contributed by atoms with Gasteiger partial charge in [-0.2, -0.15) is 0 Å². The molecular weight excluding hydrogens is 810 g/mol. The Balaban J connectivity index is 1.26. The van der Waals surface area contributed by atoms with E-state index in [-0.39, 0.29) is 41.3 Å². The van der Waals surface area contributed by atoms with E-state index in [2.05, 4.69) is 10.6 Å². The lowest BCUT2D eigenvalue weighted by atomic mass is 10.0. The fourth-order valence-electron chi connectivity index (χ4n) is 6.21. The second-order valence-electron chi connectivity index (χ2n) is 13.9. The number of benzene rings is 3. The maximum atomic E-state index is 14.6. The average molecular weight is 846 g/mol. The summed E-state index contributed by atoms with van der Waals surface area (Å²) in [6.07, 6.45) is -1.40. The number of carbonyl (C=O) groups is 4. The van der Waals surface area contributed by atoms with Gasteiger partial charge in [0.25, 0.3) is 5.91 Å². The van der Waals surface area contributed by atoms with E-state index in [4.69, 9.17) is 21.1 Å². The highest BCUT2D eigenvalue weighted by Crippen LogP contribution is 2.48. The summed E-state index contributed by atoms with van der Waals surface area (Å²) in [5.41, 5.74) is 1.51. The highest BCUT2D eigenvalue weighted by Gasteiger charge is 2.55. The van der Waals surface area contributed by atoms with Crippen LogP contribution in [0.25, 0.3) is 9.40 Å². The molecule has 7 rings (SSSR count). The van der Waals surface area contributed by atoms with Gasteiger partial charge in [-0.1, -0.05) is 114 Å². The largest absolute Gasteiger partial charge is 0.448 e. The first-order chi connectivity index (χ1) is 26.9. The summed E-state index contributed by atoms with van der Waals surface area (Å²) in [5.74, 6) is -1.24. The summed E-state index contributed by atoms with van der Waals surface area (Å²) in [4.78, 5) is 70.3. The van der Waals surface area contributed by atoms with Crippen LogP contribution in [0.15, 0.2) is 117 Å². The van der Waals surface area contributed by atoms with Crippen LogP contribution >= 0.6 is 57.8 Å².